The molecule has 0 radical (unpaired) electrons. The lowest BCUT2D eigenvalue weighted by Crippen LogP contribution is -2.39. The Kier molecular flexibility index (Phi) is 6.25. The summed E-state index contributed by atoms with van der Waals surface area (Å²) in [6.07, 6.45) is 0. The van der Waals surface area contributed by atoms with E-state index in [1.165, 1.54) is 36.6 Å². The molecule has 132 valence electrons. The Hall–Kier alpha value is -2.72. The molecular formula is C15H15N3O5S2. The maximum absolute atomic E-state index is 12.4. The van der Waals surface area contributed by atoms with Gasteiger partial charge in [0.05, 0.1) is 0 Å². The Morgan fingerprint density at radius 2 is 1.96 bits per heavy atom. The Balaban J connectivity index is 2.19. The van der Waals surface area contributed by atoms with Gasteiger partial charge in [-0.25, -0.2) is 9.59 Å². The number of anilines is 1. The first kappa shape index (κ1) is 18.6. The molecule has 0 unspecified atom stereocenters. The zero-order chi connectivity index (χ0) is 18.4. The van der Waals surface area contributed by atoms with Crippen molar-refractivity contribution in [2.75, 3.05) is 19.0 Å². The minimum absolute atomic E-state index is 0.176. The summed E-state index contributed by atoms with van der Waals surface area (Å²) in [4.78, 5) is 47.2. The van der Waals surface area contributed by atoms with E-state index in [1.807, 2.05) is 22.8 Å². The quantitative estimate of drug-likeness (QED) is 0.686. The van der Waals surface area contributed by atoms with Gasteiger partial charge in [0, 0.05) is 29.8 Å². The van der Waals surface area contributed by atoms with E-state index in [0.29, 0.717) is 10.6 Å². The number of carbonyl (C=O) groups is 4. The molecule has 0 saturated carbocycles. The van der Waals surface area contributed by atoms with Gasteiger partial charge in [0.25, 0.3) is 5.91 Å². The molecule has 0 bridgehead atoms. The van der Waals surface area contributed by atoms with Crippen LogP contribution in [0.15, 0.2) is 22.9 Å². The molecule has 0 spiro atoms. The fourth-order valence-corrected chi connectivity index (χ4v) is 3.67. The molecule has 0 aliphatic heterocycles. The van der Waals surface area contributed by atoms with E-state index in [-0.39, 0.29) is 11.5 Å². The molecule has 4 amide bonds. The van der Waals surface area contributed by atoms with Crippen molar-refractivity contribution in [1.29, 1.82) is 0 Å². The van der Waals surface area contributed by atoms with Gasteiger partial charge >= 0.3 is 12.0 Å². The fourth-order valence-electron chi connectivity index (χ4n) is 1.85. The highest BCUT2D eigenvalue weighted by Crippen LogP contribution is 2.38. The number of nitrogens with one attached hydrogen (secondary N) is 3. The summed E-state index contributed by atoms with van der Waals surface area (Å²) in [5.74, 6) is -1.85. The number of amides is 4. The highest BCUT2D eigenvalue weighted by atomic mass is 32.1. The molecule has 8 nitrogen and oxygen atoms in total. The van der Waals surface area contributed by atoms with E-state index in [2.05, 4.69) is 10.6 Å². The fraction of sp³-hybridized carbons (Fsp3) is 0.200. The molecule has 3 N–H and O–H groups in total. The van der Waals surface area contributed by atoms with Crippen LogP contribution < -0.4 is 16.0 Å². The number of hydrogen-bond acceptors (Lipinski definition) is 7. The van der Waals surface area contributed by atoms with Gasteiger partial charge in [0.15, 0.2) is 6.61 Å². The average Bonchev–Trinajstić information content (AvgIpc) is 3.21. The number of rotatable bonds is 5. The van der Waals surface area contributed by atoms with Crippen molar-refractivity contribution in [2.45, 2.75) is 6.92 Å². The molecule has 2 aromatic rings. The number of hydrogen-bond donors (Lipinski definition) is 3. The van der Waals surface area contributed by atoms with Gasteiger partial charge in [-0.05, 0) is 11.4 Å². The third kappa shape index (κ3) is 4.88. The monoisotopic (exact) mass is 381 g/mol. The van der Waals surface area contributed by atoms with Crippen LogP contribution >= 0.6 is 22.7 Å². The summed E-state index contributed by atoms with van der Waals surface area (Å²) in [6, 6.07) is 2.97. The van der Waals surface area contributed by atoms with Crippen LogP contribution in [0, 0.1) is 0 Å². The van der Waals surface area contributed by atoms with Gasteiger partial charge in [-0.3, -0.25) is 14.9 Å². The molecule has 2 rings (SSSR count). The second-order valence-corrected chi connectivity index (χ2v) is 6.54. The topological polar surface area (TPSA) is 114 Å². The van der Waals surface area contributed by atoms with Crippen LogP contribution in [0.2, 0.25) is 0 Å². The number of carbonyl (C=O) groups excluding carboxylic acids is 4. The van der Waals surface area contributed by atoms with E-state index < -0.39 is 24.5 Å². The summed E-state index contributed by atoms with van der Waals surface area (Å²) >= 11 is 2.62. The first-order valence-corrected chi connectivity index (χ1v) is 8.80. The first-order valence-electron chi connectivity index (χ1n) is 7.04. The number of esters is 1. The molecule has 0 aromatic carbocycles. The van der Waals surface area contributed by atoms with E-state index >= 15 is 0 Å². The number of thiophene rings is 2. The maximum Gasteiger partial charge on any atom is 0.342 e. The molecule has 0 fully saturated rings. The van der Waals surface area contributed by atoms with Gasteiger partial charge in [0.2, 0.25) is 5.91 Å². The van der Waals surface area contributed by atoms with Crippen molar-refractivity contribution in [1.82, 2.24) is 10.6 Å². The lowest BCUT2D eigenvalue weighted by Gasteiger charge is -2.08. The molecule has 2 aromatic heterocycles. The largest absolute Gasteiger partial charge is 0.452 e. The normalized spacial score (nSPS) is 10.0. The van der Waals surface area contributed by atoms with Crippen LogP contribution in [0.25, 0.3) is 10.4 Å². The highest BCUT2D eigenvalue weighted by Gasteiger charge is 2.23. The molecule has 25 heavy (non-hydrogen) atoms. The smallest absolute Gasteiger partial charge is 0.342 e. The minimum Gasteiger partial charge on any atom is -0.452 e. The zero-order valence-electron chi connectivity index (χ0n) is 13.4. The van der Waals surface area contributed by atoms with Gasteiger partial charge in [0.1, 0.15) is 10.6 Å². The standard InChI is InChI=1S/C15H15N3O5S2/c1-8(19)17-13-12(9(7-25-13)10-4-3-5-24-10)14(21)23-6-11(20)18-15(22)16-2/h3-5,7H,6H2,1-2H3,(H,17,19)(H2,16,18,20,22). The third-order valence-corrected chi connectivity index (χ3v) is 4.68. The van der Waals surface area contributed by atoms with Crippen LogP contribution in [0.1, 0.15) is 17.3 Å². The summed E-state index contributed by atoms with van der Waals surface area (Å²) in [5.41, 5.74) is 0.788. The van der Waals surface area contributed by atoms with Crippen molar-refractivity contribution in [3.63, 3.8) is 0 Å². The Bertz CT molecular complexity index is 798. The van der Waals surface area contributed by atoms with Crippen LogP contribution in [-0.4, -0.2) is 37.5 Å². The summed E-state index contributed by atoms with van der Waals surface area (Å²) in [5, 5.41) is 10.7. The van der Waals surface area contributed by atoms with Crippen LogP contribution in [0.4, 0.5) is 9.80 Å². The second-order valence-electron chi connectivity index (χ2n) is 4.72. The molecule has 0 saturated heterocycles. The van der Waals surface area contributed by atoms with E-state index in [0.717, 1.165) is 4.88 Å². The minimum atomic E-state index is -0.763. The summed E-state index contributed by atoms with van der Waals surface area (Å²) < 4.78 is 4.98. The first-order chi connectivity index (χ1) is 11.9. The summed E-state index contributed by atoms with van der Waals surface area (Å²) in [6.45, 7) is 0.710. The lowest BCUT2D eigenvalue weighted by atomic mass is 10.1. The lowest BCUT2D eigenvalue weighted by molar-refractivity contribution is -0.123. The van der Waals surface area contributed by atoms with Crippen LogP contribution in [0.5, 0.6) is 0 Å². The molecule has 0 aliphatic rings. The van der Waals surface area contributed by atoms with E-state index in [4.69, 9.17) is 4.74 Å². The molecule has 0 atom stereocenters. The SMILES string of the molecule is CNC(=O)NC(=O)COC(=O)c1c(-c2cccs2)csc1NC(C)=O. The maximum atomic E-state index is 12.4. The van der Waals surface area contributed by atoms with Gasteiger partial charge < -0.3 is 15.4 Å². The average molecular weight is 381 g/mol. The van der Waals surface area contributed by atoms with Crippen molar-refractivity contribution in [3.05, 3.63) is 28.5 Å². The predicted octanol–water partition coefficient (Wildman–Crippen LogP) is 2.05. The zero-order valence-corrected chi connectivity index (χ0v) is 15.0. The molecular weight excluding hydrogens is 366 g/mol. The number of imide groups is 1. The van der Waals surface area contributed by atoms with Crippen LogP contribution in [-0.2, 0) is 14.3 Å². The number of urea groups is 1. The number of ether oxygens (including phenoxy) is 1. The van der Waals surface area contributed by atoms with Crippen molar-refractivity contribution >= 4 is 51.5 Å². The van der Waals surface area contributed by atoms with Crippen molar-refractivity contribution < 1.29 is 23.9 Å². The Morgan fingerprint density at radius 1 is 1.20 bits per heavy atom. The Morgan fingerprint density at radius 3 is 2.56 bits per heavy atom. The molecule has 0 aliphatic carbocycles. The molecule has 10 heteroatoms. The van der Waals surface area contributed by atoms with Gasteiger partial charge in [-0.1, -0.05) is 6.07 Å². The van der Waals surface area contributed by atoms with Gasteiger partial charge in [-0.15, -0.1) is 22.7 Å². The summed E-state index contributed by atoms with van der Waals surface area (Å²) in [7, 11) is 1.35. The van der Waals surface area contributed by atoms with Gasteiger partial charge in [-0.2, -0.15) is 0 Å². The predicted molar refractivity (Wildman–Crippen MR) is 94.8 cm³/mol. The van der Waals surface area contributed by atoms with Crippen molar-refractivity contribution in [3.8, 4) is 10.4 Å². The second kappa shape index (κ2) is 8.40. The van der Waals surface area contributed by atoms with E-state index in [9.17, 15) is 19.2 Å². The van der Waals surface area contributed by atoms with E-state index in [1.54, 1.807) is 5.38 Å². The van der Waals surface area contributed by atoms with Crippen LogP contribution in [0.3, 0.4) is 0 Å². The Labute approximate surface area is 151 Å². The highest BCUT2D eigenvalue weighted by molar-refractivity contribution is 7.17. The molecule has 2 heterocycles. The van der Waals surface area contributed by atoms with Crippen molar-refractivity contribution in [2.24, 2.45) is 0 Å². The third-order valence-electron chi connectivity index (χ3n) is 2.89.